The summed E-state index contributed by atoms with van der Waals surface area (Å²) < 4.78 is 12.7. The number of benzene rings is 4. The third kappa shape index (κ3) is 5.12. The summed E-state index contributed by atoms with van der Waals surface area (Å²) in [6.07, 6.45) is 5.70. The van der Waals surface area contributed by atoms with Crippen molar-refractivity contribution in [1.82, 2.24) is 0 Å². The van der Waals surface area contributed by atoms with Gasteiger partial charge in [-0.2, -0.15) is 0 Å². The van der Waals surface area contributed by atoms with Crippen LogP contribution in [0.3, 0.4) is 0 Å². The van der Waals surface area contributed by atoms with Crippen molar-refractivity contribution in [3.63, 3.8) is 0 Å². The molecule has 0 N–H and O–H groups in total. The molecule has 0 saturated heterocycles. The van der Waals surface area contributed by atoms with Crippen LogP contribution in [0, 0.1) is 20.8 Å². The Morgan fingerprint density at radius 3 is 1.94 bits per heavy atom. The Labute approximate surface area is 323 Å². The molecule has 6 heteroatoms. The number of halogens is 2. The Bertz CT molecular complexity index is 2440. The first-order valence-corrected chi connectivity index (χ1v) is 28.9. The zero-order chi connectivity index (χ0) is 35.9. The van der Waals surface area contributed by atoms with E-state index in [1.165, 1.54) is 72.0 Å². The van der Waals surface area contributed by atoms with E-state index in [1.54, 1.807) is 0 Å². The van der Waals surface area contributed by atoms with Crippen LogP contribution in [0.1, 0.15) is 74.3 Å². The Balaban J connectivity index is 1.47. The molecule has 0 saturated carbocycles. The number of aryl methyl sites for hydroxylation is 4. The van der Waals surface area contributed by atoms with Crippen molar-refractivity contribution >= 4 is 48.2 Å². The molecule has 0 radical (unpaired) electrons. The summed E-state index contributed by atoms with van der Waals surface area (Å²) in [6, 6.07) is 37.5. The fourth-order valence-electron chi connectivity index (χ4n) is 9.62. The Morgan fingerprint density at radius 1 is 0.712 bits per heavy atom. The van der Waals surface area contributed by atoms with E-state index in [0.29, 0.717) is 0 Å². The van der Waals surface area contributed by atoms with E-state index in [1.807, 2.05) is 13.8 Å². The first-order chi connectivity index (χ1) is 25.2. The summed E-state index contributed by atoms with van der Waals surface area (Å²) >= 11 is -3.54. The van der Waals surface area contributed by atoms with E-state index in [-0.39, 0.29) is 5.92 Å². The zero-order valence-electron chi connectivity index (χ0n) is 30.2. The third-order valence-corrected chi connectivity index (χ3v) is 20.3. The molecule has 4 aromatic carbocycles. The average molecular weight is 816 g/mol. The van der Waals surface area contributed by atoms with Crippen LogP contribution < -0.4 is 0 Å². The fourth-order valence-corrected chi connectivity index (χ4v) is 18.8. The molecule has 0 spiro atoms. The molecule has 0 bridgehead atoms. The summed E-state index contributed by atoms with van der Waals surface area (Å²) in [5.74, 6) is 3.39. The summed E-state index contributed by atoms with van der Waals surface area (Å²) in [5.41, 5.74) is 16.8. The van der Waals surface area contributed by atoms with E-state index >= 15 is 0 Å². The van der Waals surface area contributed by atoms with Gasteiger partial charge in [0.1, 0.15) is 0 Å². The van der Waals surface area contributed by atoms with Crippen molar-refractivity contribution in [2.45, 2.75) is 62.2 Å². The van der Waals surface area contributed by atoms with Crippen LogP contribution in [-0.4, -0.2) is 8.80 Å². The molecule has 2 aromatic heterocycles. The van der Waals surface area contributed by atoms with E-state index in [4.69, 9.17) is 25.9 Å². The maximum absolute atomic E-state index is 7.98. The topological polar surface area (TPSA) is 26.3 Å². The number of allylic oxidation sites excluding steroid dienone is 2. The van der Waals surface area contributed by atoms with Crippen molar-refractivity contribution < 1.29 is 28.2 Å². The van der Waals surface area contributed by atoms with Gasteiger partial charge in [0.15, 0.2) is 0 Å². The molecule has 3 aliphatic rings. The van der Waals surface area contributed by atoms with Gasteiger partial charge in [0.2, 0.25) is 0 Å². The maximum atomic E-state index is 7.98. The molecule has 6 aromatic rings. The predicted molar refractivity (Wildman–Crippen MR) is 217 cm³/mol. The molecule has 52 heavy (non-hydrogen) atoms. The quantitative estimate of drug-likeness (QED) is 0.150. The van der Waals surface area contributed by atoms with Gasteiger partial charge in [0.25, 0.3) is 0 Å². The number of furan rings is 2. The molecule has 0 amide bonds. The van der Waals surface area contributed by atoms with Crippen molar-refractivity contribution in [2.24, 2.45) is 0 Å². The predicted octanol–water partition coefficient (Wildman–Crippen LogP) is 13.0. The van der Waals surface area contributed by atoms with Crippen LogP contribution >= 0.6 is 17.0 Å². The van der Waals surface area contributed by atoms with Crippen molar-refractivity contribution in [2.75, 3.05) is 0 Å². The molecule has 9 rings (SSSR count). The molecule has 2 atom stereocenters. The first-order valence-electron chi connectivity index (χ1n) is 18.4. The van der Waals surface area contributed by atoms with Crippen LogP contribution in [0.25, 0.3) is 44.7 Å². The van der Waals surface area contributed by atoms with Gasteiger partial charge in [-0.1, -0.05) is 0 Å². The minimum absolute atomic E-state index is 0.173. The number of hydrogen-bond acceptors (Lipinski definition) is 2. The molecular weight excluding hydrogens is 775 g/mol. The fraction of sp³-hybridized carbons (Fsp3) is 0.217. The second kappa shape index (κ2) is 13.2. The SMILES string of the molecule is Cc1ccc(C2=Cc3c(ccc(C)c3-c3ccccc3)C2[C]2([Zr]([Cl])[Cl])C(c3ccc(C)o3)=C([SiH](C)C)c3c2cc2c(c3-c3ccccc3)CCC2)o1. The van der Waals surface area contributed by atoms with Gasteiger partial charge in [-0.25, -0.2) is 0 Å². The Morgan fingerprint density at radius 2 is 1.35 bits per heavy atom. The monoisotopic (exact) mass is 813 g/mol. The van der Waals surface area contributed by atoms with Crippen LogP contribution in [0.2, 0.25) is 13.1 Å². The van der Waals surface area contributed by atoms with Crippen LogP contribution in [0.4, 0.5) is 0 Å². The van der Waals surface area contributed by atoms with Crippen LogP contribution in [0.15, 0.2) is 112 Å². The molecule has 0 fully saturated rings. The molecule has 259 valence electrons. The standard InChI is InChI=1S/C46H41O2Si.2ClH.Zr/c1-27-19-22-34-35(40(27)30-13-8-6-9-14-30)26-36(38-23-20-28(2)47-38)42(34)43-37-25-32-17-12-18-33(32)41(31-15-10-7-11-16-31)44(37)46(49(4)5)45(43)39-24-21-29(3)48-39;;;/h6-11,13-16,19-26,42,49H,12,17-18H2,1-5H3;2*1H;/q;;;+2/p-2. The van der Waals surface area contributed by atoms with Gasteiger partial charge in [-0.3, -0.25) is 0 Å². The van der Waals surface area contributed by atoms with Crippen molar-refractivity contribution in [1.29, 1.82) is 0 Å². The molecule has 2 heterocycles. The third-order valence-electron chi connectivity index (χ3n) is 11.6. The average Bonchev–Trinajstić information content (AvgIpc) is 3.97. The Hall–Kier alpha value is -3.40. The van der Waals surface area contributed by atoms with Gasteiger partial charge >= 0.3 is 326 Å². The van der Waals surface area contributed by atoms with Crippen LogP contribution in [-0.2, 0) is 35.3 Å². The van der Waals surface area contributed by atoms with Crippen molar-refractivity contribution in [3.8, 4) is 22.3 Å². The summed E-state index contributed by atoms with van der Waals surface area (Å²) in [4.78, 5) is 0. The normalized spacial score (nSPS) is 18.9. The number of rotatable bonds is 7. The van der Waals surface area contributed by atoms with E-state index in [0.717, 1.165) is 47.9 Å². The molecule has 0 aliphatic heterocycles. The Kier molecular flexibility index (Phi) is 8.70. The minimum atomic E-state index is -3.54. The van der Waals surface area contributed by atoms with E-state index < -0.39 is 31.3 Å². The zero-order valence-corrected chi connectivity index (χ0v) is 35.4. The molecular formula is C46H41Cl2O2SiZr. The summed E-state index contributed by atoms with van der Waals surface area (Å²) in [5, 5.41) is 1.44. The first kappa shape index (κ1) is 34.4. The van der Waals surface area contributed by atoms with Crippen molar-refractivity contribution in [3.05, 3.63) is 165 Å². The van der Waals surface area contributed by atoms with Gasteiger partial charge in [-0.05, 0) is 0 Å². The second-order valence-electron chi connectivity index (χ2n) is 15.0. The second-order valence-corrected chi connectivity index (χ2v) is 26.7. The van der Waals surface area contributed by atoms with Gasteiger partial charge < -0.3 is 0 Å². The van der Waals surface area contributed by atoms with Crippen LogP contribution in [0.5, 0.6) is 0 Å². The summed E-state index contributed by atoms with van der Waals surface area (Å²) in [6.45, 7) is 11.2. The van der Waals surface area contributed by atoms with Gasteiger partial charge in [0, 0.05) is 0 Å². The summed E-state index contributed by atoms with van der Waals surface area (Å²) in [7, 11) is 14.4. The van der Waals surface area contributed by atoms with Gasteiger partial charge in [0.05, 0.1) is 0 Å². The number of fused-ring (bicyclic) bond motifs is 3. The molecule has 2 nitrogen and oxygen atoms in total. The number of hydrogen-bond donors (Lipinski definition) is 0. The molecule has 3 aliphatic carbocycles. The van der Waals surface area contributed by atoms with Gasteiger partial charge in [-0.15, -0.1) is 0 Å². The van der Waals surface area contributed by atoms with E-state index in [2.05, 4.69) is 129 Å². The molecule has 2 unspecified atom stereocenters. The van der Waals surface area contributed by atoms with E-state index in [9.17, 15) is 0 Å².